The number of H-pyrrole nitrogens is 1. The van der Waals surface area contributed by atoms with Crippen LogP contribution >= 0.6 is 34.2 Å². The van der Waals surface area contributed by atoms with Gasteiger partial charge in [-0.05, 0) is 64.6 Å². The molecule has 1 aliphatic heterocycles. The lowest BCUT2D eigenvalue weighted by Crippen LogP contribution is -2.48. The van der Waals surface area contributed by atoms with E-state index in [1.807, 2.05) is 66.7 Å². The van der Waals surface area contributed by atoms with Gasteiger partial charge < -0.3 is 4.74 Å². The predicted octanol–water partition coefficient (Wildman–Crippen LogP) is 6.11. The zero-order valence-electron chi connectivity index (χ0n) is 18.7. The molecule has 2 heterocycles. The second kappa shape index (κ2) is 10.1. The molecule has 0 spiro atoms. The van der Waals surface area contributed by atoms with Crippen LogP contribution in [0.15, 0.2) is 83.9 Å². The summed E-state index contributed by atoms with van der Waals surface area (Å²) in [6.45, 7) is 0. The molecule has 2 N–H and O–H groups in total. The molecular weight excluding hydrogens is 577 g/mol. The van der Waals surface area contributed by atoms with Crippen LogP contribution in [0.4, 0.5) is 5.69 Å². The average molecular weight is 598 g/mol. The summed E-state index contributed by atoms with van der Waals surface area (Å²) in [5.74, 6) is 1.23. The third-order valence-corrected chi connectivity index (χ3v) is 7.06. The topological polar surface area (TPSA) is 82.6 Å². The van der Waals surface area contributed by atoms with Gasteiger partial charge in [0.25, 0.3) is 5.91 Å². The lowest BCUT2D eigenvalue weighted by molar-refractivity contribution is 0.0862. The Kier molecular flexibility index (Phi) is 6.74. The molecule has 0 saturated heterocycles. The van der Waals surface area contributed by atoms with E-state index in [0.717, 1.165) is 34.0 Å². The maximum Gasteiger partial charge on any atom is 0.269 e. The minimum Gasteiger partial charge on any atom is -0.497 e. The fourth-order valence-electron chi connectivity index (χ4n) is 3.86. The first-order chi connectivity index (χ1) is 17.0. The van der Waals surface area contributed by atoms with Crippen LogP contribution in [-0.2, 0) is 6.42 Å². The largest absolute Gasteiger partial charge is 0.497 e. The lowest BCUT2D eigenvalue weighted by atomic mass is 10.1. The Morgan fingerprint density at radius 1 is 1.11 bits per heavy atom. The molecule has 176 valence electrons. The van der Waals surface area contributed by atoms with Crippen molar-refractivity contribution in [1.82, 2.24) is 20.6 Å². The highest BCUT2D eigenvalue weighted by Crippen LogP contribution is 2.43. The second-order valence-electron chi connectivity index (χ2n) is 7.91. The van der Waals surface area contributed by atoms with E-state index in [2.05, 4.69) is 38.2 Å². The van der Waals surface area contributed by atoms with E-state index in [1.54, 1.807) is 24.3 Å². The van der Waals surface area contributed by atoms with Crippen molar-refractivity contribution in [3.05, 3.63) is 101 Å². The standard InChI is InChI=1S/C26H21ClIN5O2/c1-35-20-9-5-6-16(14-20)15-21-29-23-22(17-10-12-19(27)13-11-17)30-31-24(23)25(28)33(21)32-26(34)18-7-3-2-4-8-18/h2-14,25H,15H2,1H3,(H,30,31)(H,32,34). The zero-order chi connectivity index (χ0) is 24.4. The number of aliphatic imine (C=N–C) groups is 1. The number of methoxy groups -OCH3 is 1. The van der Waals surface area contributed by atoms with Gasteiger partial charge in [-0.3, -0.25) is 20.3 Å². The Morgan fingerprint density at radius 3 is 2.63 bits per heavy atom. The number of amides is 1. The van der Waals surface area contributed by atoms with Gasteiger partial charge in [0.1, 0.15) is 27.0 Å². The number of aromatic nitrogens is 2. The summed E-state index contributed by atoms with van der Waals surface area (Å²) in [6, 6.07) is 24.4. The number of rotatable bonds is 6. The van der Waals surface area contributed by atoms with Crippen LogP contribution in [-0.4, -0.2) is 34.1 Å². The Bertz CT molecular complexity index is 1390. The molecule has 1 aromatic heterocycles. The summed E-state index contributed by atoms with van der Waals surface area (Å²) in [5, 5.41) is 10.1. The third-order valence-electron chi connectivity index (χ3n) is 5.62. The number of carbonyl (C=O) groups excluding carboxylic acids is 1. The van der Waals surface area contributed by atoms with Crippen LogP contribution in [0.1, 0.15) is 25.7 Å². The molecule has 5 rings (SSSR count). The highest BCUT2D eigenvalue weighted by molar-refractivity contribution is 14.1. The van der Waals surface area contributed by atoms with Crippen molar-refractivity contribution < 1.29 is 9.53 Å². The molecule has 1 unspecified atom stereocenters. The minimum absolute atomic E-state index is 0.216. The van der Waals surface area contributed by atoms with E-state index >= 15 is 0 Å². The van der Waals surface area contributed by atoms with Crippen molar-refractivity contribution in [2.24, 2.45) is 4.99 Å². The summed E-state index contributed by atoms with van der Waals surface area (Å²) in [4.78, 5) is 18.0. The van der Waals surface area contributed by atoms with Gasteiger partial charge in [0, 0.05) is 22.6 Å². The van der Waals surface area contributed by atoms with Gasteiger partial charge in [-0.15, -0.1) is 0 Å². The fourth-order valence-corrected chi connectivity index (χ4v) is 4.88. The molecule has 3 aromatic carbocycles. The van der Waals surface area contributed by atoms with Crippen LogP contribution in [0, 0.1) is 0 Å². The fraction of sp³-hybridized carbons (Fsp3) is 0.115. The normalized spacial score (nSPS) is 14.8. The van der Waals surface area contributed by atoms with Crippen molar-refractivity contribution >= 4 is 51.6 Å². The first-order valence-corrected chi connectivity index (χ1v) is 12.5. The number of halogens is 2. The van der Waals surface area contributed by atoms with Crippen LogP contribution in [0.5, 0.6) is 5.75 Å². The van der Waals surface area contributed by atoms with Gasteiger partial charge in [-0.2, -0.15) is 5.10 Å². The van der Waals surface area contributed by atoms with E-state index in [-0.39, 0.29) is 9.96 Å². The number of alkyl halides is 1. The SMILES string of the molecule is COc1cccc(CC2=Nc3c(-c4ccc(Cl)cc4)n[nH]c3C(I)N2NC(=O)c2ccccc2)c1. The van der Waals surface area contributed by atoms with Gasteiger partial charge in [0.2, 0.25) is 0 Å². The van der Waals surface area contributed by atoms with Crippen LogP contribution < -0.4 is 10.2 Å². The predicted molar refractivity (Wildman–Crippen MR) is 145 cm³/mol. The highest BCUT2D eigenvalue weighted by atomic mass is 127. The van der Waals surface area contributed by atoms with Crippen LogP contribution in [0.3, 0.4) is 0 Å². The maximum absolute atomic E-state index is 13.1. The maximum atomic E-state index is 13.1. The van der Waals surface area contributed by atoms with E-state index in [4.69, 9.17) is 21.3 Å². The Morgan fingerprint density at radius 2 is 1.89 bits per heavy atom. The summed E-state index contributed by atoms with van der Waals surface area (Å²) >= 11 is 8.37. The first kappa shape index (κ1) is 23.4. The van der Waals surface area contributed by atoms with Gasteiger partial charge in [-0.25, -0.2) is 4.99 Å². The minimum atomic E-state index is -0.262. The zero-order valence-corrected chi connectivity index (χ0v) is 21.6. The van der Waals surface area contributed by atoms with E-state index in [1.165, 1.54) is 0 Å². The molecule has 9 heteroatoms. The molecule has 0 bridgehead atoms. The molecule has 7 nitrogen and oxygen atoms in total. The Balaban J connectivity index is 1.55. The monoisotopic (exact) mass is 597 g/mol. The van der Waals surface area contributed by atoms with Gasteiger partial charge in [0.15, 0.2) is 0 Å². The number of hydrogen-bond donors (Lipinski definition) is 2. The number of hydrogen-bond acceptors (Lipinski definition) is 5. The van der Waals surface area contributed by atoms with Crippen molar-refractivity contribution in [3.63, 3.8) is 0 Å². The number of amidine groups is 1. The molecule has 0 aliphatic carbocycles. The summed E-state index contributed by atoms with van der Waals surface area (Å²) in [6.07, 6.45) is 0.483. The van der Waals surface area contributed by atoms with E-state index < -0.39 is 0 Å². The Labute approximate surface area is 221 Å². The third kappa shape index (κ3) is 4.89. The molecule has 35 heavy (non-hydrogen) atoms. The van der Waals surface area contributed by atoms with Crippen LogP contribution in [0.2, 0.25) is 5.02 Å². The number of fused-ring (bicyclic) bond motifs is 1. The van der Waals surface area contributed by atoms with Crippen molar-refractivity contribution in [2.75, 3.05) is 7.11 Å². The molecule has 0 fully saturated rings. The average Bonchev–Trinajstić information content (AvgIpc) is 3.31. The van der Waals surface area contributed by atoms with Crippen molar-refractivity contribution in [3.8, 4) is 17.0 Å². The van der Waals surface area contributed by atoms with Gasteiger partial charge >= 0.3 is 0 Å². The molecule has 1 amide bonds. The highest BCUT2D eigenvalue weighted by Gasteiger charge is 2.33. The number of aromatic amines is 1. The molecule has 1 atom stereocenters. The van der Waals surface area contributed by atoms with E-state index in [0.29, 0.717) is 22.8 Å². The lowest BCUT2D eigenvalue weighted by Gasteiger charge is -2.33. The molecule has 0 saturated carbocycles. The summed E-state index contributed by atoms with van der Waals surface area (Å²) in [5.41, 5.74) is 7.80. The second-order valence-corrected chi connectivity index (χ2v) is 9.53. The Hall–Kier alpha value is -3.37. The number of nitrogens with one attached hydrogen (secondary N) is 2. The molecular formula is C26H21ClIN5O2. The summed E-state index contributed by atoms with van der Waals surface area (Å²) < 4.78 is 5.13. The summed E-state index contributed by atoms with van der Waals surface area (Å²) in [7, 11) is 1.64. The van der Waals surface area contributed by atoms with Gasteiger partial charge in [-0.1, -0.05) is 54.1 Å². The number of carbonyl (C=O) groups is 1. The number of hydrazine groups is 1. The van der Waals surface area contributed by atoms with Gasteiger partial charge in [0.05, 0.1) is 12.8 Å². The number of benzene rings is 3. The van der Waals surface area contributed by atoms with Crippen molar-refractivity contribution in [2.45, 2.75) is 10.5 Å². The molecule has 4 aromatic rings. The number of ether oxygens (including phenoxy) is 1. The molecule has 0 radical (unpaired) electrons. The first-order valence-electron chi connectivity index (χ1n) is 10.9. The van der Waals surface area contributed by atoms with Crippen LogP contribution in [0.25, 0.3) is 11.3 Å². The van der Waals surface area contributed by atoms with Crippen molar-refractivity contribution in [1.29, 1.82) is 0 Å². The number of nitrogens with zero attached hydrogens (tertiary/aromatic N) is 3. The molecule has 1 aliphatic rings. The quantitative estimate of drug-likeness (QED) is 0.160. The smallest absolute Gasteiger partial charge is 0.269 e. The van der Waals surface area contributed by atoms with E-state index in [9.17, 15) is 4.79 Å².